The Morgan fingerprint density at radius 3 is 2.57 bits per heavy atom. The Labute approximate surface area is 139 Å². The normalized spacial score (nSPS) is 16.5. The van der Waals surface area contributed by atoms with Crippen molar-refractivity contribution in [2.24, 2.45) is 0 Å². The first kappa shape index (κ1) is 15.6. The lowest BCUT2D eigenvalue weighted by atomic mass is 10.1. The topological polar surface area (TPSA) is 58.2 Å². The monoisotopic (exact) mass is 326 g/mol. The van der Waals surface area contributed by atoms with E-state index in [9.17, 15) is 9.59 Å². The Morgan fingerprint density at radius 2 is 1.87 bits per heavy atom. The van der Waals surface area contributed by atoms with E-state index >= 15 is 0 Å². The molecule has 118 valence electrons. The molecule has 1 aliphatic rings. The molecule has 0 aliphatic carbocycles. The van der Waals surface area contributed by atoms with Gasteiger partial charge in [-0.2, -0.15) is 0 Å². The molecule has 2 aromatic rings. The molecule has 0 aromatic heterocycles. The maximum absolute atomic E-state index is 12.5. The number of amides is 2. The van der Waals surface area contributed by atoms with Crippen molar-refractivity contribution in [2.45, 2.75) is 30.9 Å². The van der Waals surface area contributed by atoms with Gasteiger partial charge in [0.15, 0.2) is 0 Å². The summed E-state index contributed by atoms with van der Waals surface area (Å²) in [7, 11) is 0. The minimum absolute atomic E-state index is 0.0326. The number of carbonyl (C=O) groups excluding carboxylic acids is 2. The maximum atomic E-state index is 12.5. The van der Waals surface area contributed by atoms with Gasteiger partial charge < -0.3 is 10.6 Å². The third kappa shape index (κ3) is 3.10. The molecular weight excluding hydrogens is 308 g/mol. The first-order valence-corrected chi connectivity index (χ1v) is 8.33. The van der Waals surface area contributed by atoms with Gasteiger partial charge >= 0.3 is 0 Å². The summed E-state index contributed by atoms with van der Waals surface area (Å²) in [5.74, 6) is -0.210. The fraction of sp³-hybridized carbons (Fsp3) is 0.222. The summed E-state index contributed by atoms with van der Waals surface area (Å²) < 4.78 is 0. The summed E-state index contributed by atoms with van der Waals surface area (Å²) in [5, 5.41) is 5.70. The highest BCUT2D eigenvalue weighted by molar-refractivity contribution is 8.00. The quantitative estimate of drug-likeness (QED) is 0.877. The molecule has 2 N–H and O–H groups in total. The van der Waals surface area contributed by atoms with Gasteiger partial charge in [0.2, 0.25) is 5.91 Å². The zero-order valence-electron chi connectivity index (χ0n) is 13.3. The van der Waals surface area contributed by atoms with E-state index in [2.05, 4.69) is 10.6 Å². The van der Waals surface area contributed by atoms with Gasteiger partial charge in [0.1, 0.15) is 0 Å². The van der Waals surface area contributed by atoms with Crippen molar-refractivity contribution in [1.82, 2.24) is 0 Å². The van der Waals surface area contributed by atoms with Crippen LogP contribution < -0.4 is 10.6 Å². The molecule has 4 nitrogen and oxygen atoms in total. The molecule has 2 aromatic carbocycles. The van der Waals surface area contributed by atoms with Crippen molar-refractivity contribution in [3.05, 3.63) is 53.1 Å². The number of anilines is 2. The number of aryl methyl sites for hydroxylation is 2. The second kappa shape index (κ2) is 6.08. The molecule has 0 unspecified atom stereocenters. The van der Waals surface area contributed by atoms with Crippen LogP contribution in [0.25, 0.3) is 0 Å². The molecule has 1 heterocycles. The third-order valence-corrected chi connectivity index (χ3v) is 5.07. The van der Waals surface area contributed by atoms with Crippen LogP contribution in [0.2, 0.25) is 0 Å². The van der Waals surface area contributed by atoms with Gasteiger partial charge in [-0.3, -0.25) is 9.59 Å². The third-order valence-electron chi connectivity index (χ3n) is 3.89. The lowest BCUT2D eigenvalue weighted by molar-refractivity contribution is -0.115. The van der Waals surface area contributed by atoms with Crippen molar-refractivity contribution in [2.75, 3.05) is 10.6 Å². The number of carbonyl (C=O) groups is 2. The van der Waals surface area contributed by atoms with E-state index in [1.165, 1.54) is 11.8 Å². The van der Waals surface area contributed by atoms with Crippen LogP contribution in [0.1, 0.15) is 28.4 Å². The van der Waals surface area contributed by atoms with Crippen molar-refractivity contribution in [1.29, 1.82) is 0 Å². The van der Waals surface area contributed by atoms with Crippen LogP contribution in [0.3, 0.4) is 0 Å². The SMILES string of the molecule is Cc1cccc(C)c1NC(=O)c1ccc2c(c1)NC(=O)[C@@H](C)S2. The second-order valence-electron chi connectivity index (χ2n) is 5.68. The number of hydrogen-bond acceptors (Lipinski definition) is 3. The average molecular weight is 326 g/mol. The Bertz CT molecular complexity index is 781. The number of benzene rings is 2. The summed E-state index contributed by atoms with van der Waals surface area (Å²) in [4.78, 5) is 25.3. The van der Waals surface area contributed by atoms with Gasteiger partial charge in [0.25, 0.3) is 5.91 Å². The molecule has 0 spiro atoms. The molecule has 0 saturated heterocycles. The van der Waals surface area contributed by atoms with Crippen LogP contribution in [0, 0.1) is 13.8 Å². The van der Waals surface area contributed by atoms with Crippen LogP contribution in [0.15, 0.2) is 41.3 Å². The molecule has 5 heteroatoms. The summed E-state index contributed by atoms with van der Waals surface area (Å²) in [6.07, 6.45) is 0. The number of nitrogens with one attached hydrogen (secondary N) is 2. The first-order chi connectivity index (χ1) is 11.0. The standard InChI is InChI=1S/C18H18N2O2S/c1-10-5-4-6-11(2)16(10)20-18(22)13-7-8-15-14(9-13)19-17(21)12(3)23-15/h4-9,12H,1-3H3,(H,19,21)(H,20,22)/t12-/m1/s1. The van der Waals surface area contributed by atoms with Crippen molar-refractivity contribution in [3.8, 4) is 0 Å². The number of para-hydroxylation sites is 1. The fourth-order valence-corrected chi connectivity index (χ4v) is 3.48. The predicted molar refractivity (Wildman–Crippen MR) is 94.3 cm³/mol. The Kier molecular flexibility index (Phi) is 4.13. The van der Waals surface area contributed by atoms with Crippen molar-refractivity contribution >= 4 is 35.0 Å². The Hall–Kier alpha value is -2.27. The molecule has 1 atom stereocenters. The molecule has 1 aliphatic heterocycles. The first-order valence-electron chi connectivity index (χ1n) is 7.45. The van der Waals surface area contributed by atoms with E-state index in [1.807, 2.05) is 45.0 Å². The predicted octanol–water partition coefficient (Wildman–Crippen LogP) is 3.99. The molecule has 0 radical (unpaired) electrons. The van der Waals surface area contributed by atoms with E-state index < -0.39 is 0 Å². The van der Waals surface area contributed by atoms with Crippen LogP contribution in [-0.2, 0) is 4.79 Å². The van der Waals surface area contributed by atoms with E-state index in [1.54, 1.807) is 12.1 Å². The molecule has 0 saturated carbocycles. The second-order valence-corrected chi connectivity index (χ2v) is 7.06. The summed E-state index contributed by atoms with van der Waals surface area (Å²) in [6.45, 7) is 5.80. The molecular formula is C18H18N2O2S. The molecule has 0 bridgehead atoms. The minimum atomic E-state index is -0.178. The summed E-state index contributed by atoms with van der Waals surface area (Å²) >= 11 is 1.51. The maximum Gasteiger partial charge on any atom is 0.255 e. The van der Waals surface area contributed by atoms with Gasteiger partial charge in [0, 0.05) is 16.1 Å². The van der Waals surface area contributed by atoms with Crippen molar-refractivity contribution < 1.29 is 9.59 Å². The lowest BCUT2D eigenvalue weighted by Gasteiger charge is -2.21. The average Bonchev–Trinajstić information content (AvgIpc) is 2.51. The van der Waals surface area contributed by atoms with E-state index in [0.717, 1.165) is 21.7 Å². The van der Waals surface area contributed by atoms with E-state index in [0.29, 0.717) is 11.3 Å². The molecule has 3 rings (SSSR count). The van der Waals surface area contributed by atoms with Crippen LogP contribution in [-0.4, -0.2) is 17.1 Å². The van der Waals surface area contributed by atoms with Crippen LogP contribution in [0.4, 0.5) is 11.4 Å². The van der Waals surface area contributed by atoms with Gasteiger partial charge in [-0.1, -0.05) is 18.2 Å². The van der Waals surface area contributed by atoms with Crippen molar-refractivity contribution in [3.63, 3.8) is 0 Å². The zero-order chi connectivity index (χ0) is 16.6. The number of fused-ring (bicyclic) bond motifs is 1. The minimum Gasteiger partial charge on any atom is -0.324 e. The fourth-order valence-electron chi connectivity index (χ4n) is 2.55. The number of thioether (sulfide) groups is 1. The highest BCUT2D eigenvalue weighted by atomic mass is 32.2. The van der Waals surface area contributed by atoms with Gasteiger partial charge in [0.05, 0.1) is 10.9 Å². The van der Waals surface area contributed by atoms with E-state index in [4.69, 9.17) is 0 Å². The van der Waals surface area contributed by atoms with Gasteiger partial charge in [-0.15, -0.1) is 11.8 Å². The van der Waals surface area contributed by atoms with Crippen LogP contribution >= 0.6 is 11.8 Å². The Balaban J connectivity index is 1.87. The Morgan fingerprint density at radius 1 is 1.17 bits per heavy atom. The highest BCUT2D eigenvalue weighted by Crippen LogP contribution is 2.36. The van der Waals surface area contributed by atoms with Gasteiger partial charge in [-0.05, 0) is 50.1 Å². The molecule has 2 amide bonds. The smallest absolute Gasteiger partial charge is 0.255 e. The van der Waals surface area contributed by atoms with E-state index in [-0.39, 0.29) is 17.1 Å². The van der Waals surface area contributed by atoms with Gasteiger partial charge in [-0.25, -0.2) is 0 Å². The summed E-state index contributed by atoms with van der Waals surface area (Å²) in [6, 6.07) is 11.3. The lowest BCUT2D eigenvalue weighted by Crippen LogP contribution is -2.26. The molecule has 23 heavy (non-hydrogen) atoms. The van der Waals surface area contributed by atoms with Crippen LogP contribution in [0.5, 0.6) is 0 Å². The molecule has 0 fully saturated rings. The highest BCUT2D eigenvalue weighted by Gasteiger charge is 2.23. The summed E-state index contributed by atoms with van der Waals surface area (Å²) in [5.41, 5.74) is 4.11. The number of hydrogen-bond donors (Lipinski definition) is 2. The zero-order valence-corrected chi connectivity index (χ0v) is 14.1. The number of rotatable bonds is 2. The largest absolute Gasteiger partial charge is 0.324 e.